The largest absolute Gasteiger partial charge is 0.397 e. The lowest BCUT2D eigenvalue weighted by Gasteiger charge is -2.08. The first-order valence-electron chi connectivity index (χ1n) is 5.85. The third kappa shape index (κ3) is 3.10. The van der Waals surface area contributed by atoms with Crippen LogP contribution in [0.1, 0.15) is 11.1 Å². The van der Waals surface area contributed by atoms with E-state index in [1.807, 2.05) is 55.5 Å². The van der Waals surface area contributed by atoms with Gasteiger partial charge in [0.05, 0.1) is 17.8 Å². The van der Waals surface area contributed by atoms with Crippen LogP contribution in [0.2, 0.25) is 0 Å². The predicted molar refractivity (Wildman–Crippen MR) is 74.4 cm³/mol. The number of amides is 1. The molecule has 0 heterocycles. The molecule has 18 heavy (non-hydrogen) atoms. The molecule has 0 aliphatic carbocycles. The Labute approximate surface area is 107 Å². The van der Waals surface area contributed by atoms with Crippen molar-refractivity contribution in [3.63, 3.8) is 0 Å². The van der Waals surface area contributed by atoms with Crippen LogP contribution in [0, 0.1) is 6.92 Å². The second-order valence-electron chi connectivity index (χ2n) is 4.30. The summed E-state index contributed by atoms with van der Waals surface area (Å²) in [6, 6.07) is 15.2. The molecule has 0 aliphatic rings. The Bertz CT molecular complexity index is 550. The van der Waals surface area contributed by atoms with E-state index < -0.39 is 0 Å². The lowest BCUT2D eigenvalue weighted by Crippen LogP contribution is -2.15. The van der Waals surface area contributed by atoms with E-state index in [9.17, 15) is 4.79 Å². The number of benzene rings is 2. The topological polar surface area (TPSA) is 55.1 Å². The molecule has 2 aromatic rings. The fourth-order valence-electron chi connectivity index (χ4n) is 1.77. The number of aryl methyl sites for hydroxylation is 1. The minimum atomic E-state index is -0.0586. The third-order valence-corrected chi connectivity index (χ3v) is 2.69. The van der Waals surface area contributed by atoms with Crippen molar-refractivity contribution >= 4 is 17.3 Å². The molecule has 2 rings (SSSR count). The first-order chi connectivity index (χ1) is 8.65. The smallest absolute Gasteiger partial charge is 0.228 e. The van der Waals surface area contributed by atoms with Gasteiger partial charge in [0.15, 0.2) is 0 Å². The Morgan fingerprint density at radius 2 is 1.89 bits per heavy atom. The van der Waals surface area contributed by atoms with Gasteiger partial charge in [0, 0.05) is 0 Å². The van der Waals surface area contributed by atoms with E-state index in [1.54, 1.807) is 0 Å². The van der Waals surface area contributed by atoms with Crippen molar-refractivity contribution in [2.75, 3.05) is 11.1 Å². The highest BCUT2D eigenvalue weighted by Crippen LogP contribution is 2.19. The monoisotopic (exact) mass is 240 g/mol. The molecule has 0 aromatic heterocycles. The molecule has 0 spiro atoms. The molecular formula is C15H16N2O. The molecule has 0 atom stereocenters. The highest BCUT2D eigenvalue weighted by molar-refractivity contribution is 5.95. The SMILES string of the molecule is Cc1ccc(NC(=O)Cc2ccccc2)c(N)c1. The van der Waals surface area contributed by atoms with Gasteiger partial charge in [-0.25, -0.2) is 0 Å². The van der Waals surface area contributed by atoms with E-state index >= 15 is 0 Å². The van der Waals surface area contributed by atoms with Gasteiger partial charge in [-0.2, -0.15) is 0 Å². The lowest BCUT2D eigenvalue weighted by molar-refractivity contribution is -0.115. The summed E-state index contributed by atoms with van der Waals surface area (Å²) in [5.41, 5.74) is 9.17. The van der Waals surface area contributed by atoms with Crippen LogP contribution in [0.15, 0.2) is 48.5 Å². The highest BCUT2D eigenvalue weighted by Gasteiger charge is 2.06. The van der Waals surface area contributed by atoms with Crippen molar-refractivity contribution in [3.8, 4) is 0 Å². The van der Waals surface area contributed by atoms with Crippen LogP contribution < -0.4 is 11.1 Å². The Kier molecular flexibility index (Phi) is 3.63. The van der Waals surface area contributed by atoms with Crippen LogP contribution in [-0.4, -0.2) is 5.91 Å². The quantitative estimate of drug-likeness (QED) is 0.810. The van der Waals surface area contributed by atoms with Crippen molar-refractivity contribution in [2.45, 2.75) is 13.3 Å². The predicted octanol–water partition coefficient (Wildman–Crippen LogP) is 2.76. The fourth-order valence-corrected chi connectivity index (χ4v) is 1.77. The molecule has 0 radical (unpaired) electrons. The summed E-state index contributed by atoms with van der Waals surface area (Å²) in [7, 11) is 0. The van der Waals surface area contributed by atoms with Gasteiger partial charge in [0.1, 0.15) is 0 Å². The summed E-state index contributed by atoms with van der Waals surface area (Å²) in [6.07, 6.45) is 0.355. The van der Waals surface area contributed by atoms with Gasteiger partial charge in [-0.15, -0.1) is 0 Å². The van der Waals surface area contributed by atoms with Gasteiger partial charge >= 0.3 is 0 Å². The van der Waals surface area contributed by atoms with Crippen molar-refractivity contribution in [2.24, 2.45) is 0 Å². The van der Waals surface area contributed by atoms with Gasteiger partial charge in [0.2, 0.25) is 5.91 Å². The van der Waals surface area contributed by atoms with Crippen LogP contribution in [-0.2, 0) is 11.2 Å². The number of carbonyl (C=O) groups excluding carboxylic acids is 1. The zero-order valence-corrected chi connectivity index (χ0v) is 10.3. The molecule has 0 aliphatic heterocycles. The summed E-state index contributed by atoms with van der Waals surface area (Å²) < 4.78 is 0. The number of rotatable bonds is 3. The van der Waals surface area contributed by atoms with E-state index in [2.05, 4.69) is 5.32 Å². The van der Waals surface area contributed by atoms with Crippen LogP contribution in [0.4, 0.5) is 11.4 Å². The highest BCUT2D eigenvalue weighted by atomic mass is 16.1. The average molecular weight is 240 g/mol. The van der Waals surface area contributed by atoms with Crippen molar-refractivity contribution in [3.05, 3.63) is 59.7 Å². The van der Waals surface area contributed by atoms with Crippen LogP contribution in [0.5, 0.6) is 0 Å². The minimum absolute atomic E-state index is 0.0586. The maximum atomic E-state index is 11.9. The molecule has 2 aromatic carbocycles. The zero-order valence-electron chi connectivity index (χ0n) is 10.3. The van der Waals surface area contributed by atoms with Crippen molar-refractivity contribution < 1.29 is 4.79 Å². The second kappa shape index (κ2) is 5.36. The molecule has 3 N–H and O–H groups in total. The third-order valence-electron chi connectivity index (χ3n) is 2.69. The van der Waals surface area contributed by atoms with Crippen LogP contribution in [0.3, 0.4) is 0 Å². The van der Waals surface area contributed by atoms with Crippen molar-refractivity contribution in [1.29, 1.82) is 0 Å². The molecule has 3 nitrogen and oxygen atoms in total. The standard InChI is InChI=1S/C15H16N2O/c1-11-7-8-14(13(16)9-11)17-15(18)10-12-5-3-2-4-6-12/h2-9H,10,16H2,1H3,(H,17,18). The maximum absolute atomic E-state index is 11.9. The summed E-state index contributed by atoms with van der Waals surface area (Å²) in [4.78, 5) is 11.9. The molecule has 1 amide bonds. The number of hydrogen-bond acceptors (Lipinski definition) is 2. The Balaban J connectivity index is 2.03. The summed E-state index contributed by atoms with van der Waals surface area (Å²) in [5.74, 6) is -0.0586. The molecule has 0 fully saturated rings. The normalized spacial score (nSPS) is 10.1. The van der Waals surface area contributed by atoms with Crippen LogP contribution >= 0.6 is 0 Å². The first kappa shape index (κ1) is 12.2. The van der Waals surface area contributed by atoms with Gasteiger partial charge in [-0.05, 0) is 30.2 Å². The fraction of sp³-hybridized carbons (Fsp3) is 0.133. The van der Waals surface area contributed by atoms with Crippen molar-refractivity contribution in [1.82, 2.24) is 0 Å². The number of nitrogens with two attached hydrogens (primary N) is 1. The van der Waals surface area contributed by atoms with E-state index in [0.29, 0.717) is 17.8 Å². The van der Waals surface area contributed by atoms with E-state index in [0.717, 1.165) is 11.1 Å². The first-order valence-corrected chi connectivity index (χ1v) is 5.85. The summed E-state index contributed by atoms with van der Waals surface area (Å²) >= 11 is 0. The number of anilines is 2. The summed E-state index contributed by atoms with van der Waals surface area (Å²) in [5, 5.41) is 2.82. The van der Waals surface area contributed by atoms with Gasteiger partial charge in [0.25, 0.3) is 0 Å². The van der Waals surface area contributed by atoms with E-state index in [-0.39, 0.29) is 5.91 Å². The molecule has 92 valence electrons. The van der Waals surface area contributed by atoms with E-state index in [1.165, 1.54) is 0 Å². The number of nitrogens with one attached hydrogen (secondary N) is 1. The molecule has 0 saturated heterocycles. The molecule has 0 unspecified atom stereocenters. The van der Waals surface area contributed by atoms with Gasteiger partial charge in [-0.1, -0.05) is 36.4 Å². The molecule has 0 bridgehead atoms. The van der Waals surface area contributed by atoms with E-state index in [4.69, 9.17) is 5.73 Å². The van der Waals surface area contributed by atoms with Gasteiger partial charge < -0.3 is 11.1 Å². The Hall–Kier alpha value is -2.29. The minimum Gasteiger partial charge on any atom is -0.397 e. The number of carbonyl (C=O) groups is 1. The molecule has 3 heteroatoms. The van der Waals surface area contributed by atoms with Gasteiger partial charge in [-0.3, -0.25) is 4.79 Å². The van der Waals surface area contributed by atoms with Crippen LogP contribution in [0.25, 0.3) is 0 Å². The number of hydrogen-bond donors (Lipinski definition) is 2. The summed E-state index contributed by atoms with van der Waals surface area (Å²) in [6.45, 7) is 1.96. The Morgan fingerprint density at radius 1 is 1.17 bits per heavy atom. The second-order valence-corrected chi connectivity index (χ2v) is 4.30. The maximum Gasteiger partial charge on any atom is 0.228 e. The number of nitrogen functional groups attached to an aromatic ring is 1. The Morgan fingerprint density at radius 3 is 2.56 bits per heavy atom. The zero-order chi connectivity index (χ0) is 13.0. The average Bonchev–Trinajstić information content (AvgIpc) is 2.34. The lowest BCUT2D eigenvalue weighted by atomic mass is 10.1. The molecule has 0 saturated carbocycles. The molecular weight excluding hydrogens is 224 g/mol.